The van der Waals surface area contributed by atoms with Crippen LogP contribution in [0.1, 0.15) is 38.2 Å². The lowest BCUT2D eigenvalue weighted by atomic mass is 10.0. The van der Waals surface area contributed by atoms with Crippen molar-refractivity contribution in [1.82, 2.24) is 15.2 Å². The van der Waals surface area contributed by atoms with Crippen molar-refractivity contribution in [3.63, 3.8) is 0 Å². The van der Waals surface area contributed by atoms with E-state index in [0.717, 1.165) is 31.4 Å². The Labute approximate surface area is 160 Å². The highest BCUT2D eigenvalue weighted by molar-refractivity contribution is 7.89. The van der Waals surface area contributed by atoms with Crippen LogP contribution in [0.25, 0.3) is 0 Å². The van der Waals surface area contributed by atoms with E-state index in [1.807, 2.05) is 0 Å². The predicted molar refractivity (Wildman–Crippen MR) is 105 cm³/mol. The smallest absolute Gasteiger partial charge is 0.247 e. The van der Waals surface area contributed by atoms with E-state index in [1.54, 1.807) is 18.3 Å². The third-order valence-corrected chi connectivity index (χ3v) is 5.80. The third-order valence-electron chi connectivity index (χ3n) is 4.87. The summed E-state index contributed by atoms with van der Waals surface area (Å²) in [5.74, 6) is 1.38. The lowest BCUT2D eigenvalue weighted by molar-refractivity contribution is 0.442. The number of aromatic nitrogens is 3. The van der Waals surface area contributed by atoms with E-state index in [1.165, 1.54) is 25.0 Å². The number of anilines is 2. The van der Waals surface area contributed by atoms with Crippen LogP contribution >= 0.6 is 0 Å². The first-order chi connectivity index (χ1) is 13.0. The summed E-state index contributed by atoms with van der Waals surface area (Å²) in [5, 5.41) is 16.7. The van der Waals surface area contributed by atoms with E-state index in [4.69, 9.17) is 5.14 Å². The predicted octanol–water partition coefficient (Wildman–Crippen LogP) is 1.94. The van der Waals surface area contributed by atoms with Gasteiger partial charge in [-0.1, -0.05) is 19.1 Å². The molecule has 3 N–H and O–H groups in total. The molecule has 1 aliphatic rings. The fourth-order valence-corrected chi connectivity index (χ4v) is 3.89. The van der Waals surface area contributed by atoms with Gasteiger partial charge >= 0.3 is 0 Å². The Hall–Kier alpha value is -2.26. The zero-order valence-corrected chi connectivity index (χ0v) is 16.3. The normalized spacial score (nSPS) is 17.7. The molecule has 146 valence electrons. The molecule has 1 aromatic carbocycles. The summed E-state index contributed by atoms with van der Waals surface area (Å²) in [6, 6.07) is 7.06. The van der Waals surface area contributed by atoms with Gasteiger partial charge in [-0.3, -0.25) is 0 Å². The summed E-state index contributed by atoms with van der Waals surface area (Å²) >= 11 is 0. The second kappa shape index (κ2) is 8.62. The molecule has 1 atom stereocenters. The number of rotatable bonds is 7. The first-order valence-electron chi connectivity index (χ1n) is 9.29. The van der Waals surface area contributed by atoms with Crippen molar-refractivity contribution in [3.8, 4) is 0 Å². The molecule has 0 amide bonds. The van der Waals surface area contributed by atoms with Crippen LogP contribution in [0.2, 0.25) is 0 Å². The van der Waals surface area contributed by atoms with E-state index < -0.39 is 10.0 Å². The Kier molecular flexibility index (Phi) is 6.22. The Balaban J connectivity index is 1.58. The molecular formula is C18H26N6O2S. The molecule has 1 fully saturated rings. The molecule has 1 saturated heterocycles. The van der Waals surface area contributed by atoms with Crippen LogP contribution in [-0.4, -0.2) is 42.7 Å². The molecular weight excluding hydrogens is 364 g/mol. The van der Waals surface area contributed by atoms with Gasteiger partial charge in [0.1, 0.15) is 0 Å². The molecule has 0 radical (unpaired) electrons. The Morgan fingerprint density at radius 1 is 1.26 bits per heavy atom. The van der Waals surface area contributed by atoms with Crippen LogP contribution < -0.4 is 15.4 Å². The highest BCUT2D eigenvalue weighted by Crippen LogP contribution is 2.23. The van der Waals surface area contributed by atoms with Crippen molar-refractivity contribution in [2.75, 3.05) is 23.3 Å². The van der Waals surface area contributed by atoms with Crippen LogP contribution in [0, 0.1) is 0 Å². The minimum absolute atomic E-state index is 0.121. The minimum Gasteiger partial charge on any atom is -0.368 e. The van der Waals surface area contributed by atoms with E-state index in [0.29, 0.717) is 24.4 Å². The summed E-state index contributed by atoms with van der Waals surface area (Å²) < 4.78 is 22.6. The lowest BCUT2D eigenvalue weighted by Crippen LogP contribution is -2.40. The van der Waals surface area contributed by atoms with Gasteiger partial charge in [-0.05, 0) is 49.8 Å². The number of sulfonamides is 1. The molecule has 1 aliphatic heterocycles. The Bertz CT molecular complexity index is 856. The van der Waals surface area contributed by atoms with Crippen LogP contribution in [0.4, 0.5) is 11.8 Å². The molecule has 2 aromatic rings. The maximum atomic E-state index is 11.3. The first-order valence-corrected chi connectivity index (χ1v) is 10.8. The first kappa shape index (κ1) is 19.5. The third kappa shape index (κ3) is 5.14. The molecule has 2 heterocycles. The summed E-state index contributed by atoms with van der Waals surface area (Å²) in [6.45, 7) is 3.82. The van der Waals surface area contributed by atoms with Gasteiger partial charge in [-0.15, -0.1) is 5.10 Å². The minimum atomic E-state index is -3.65. The zero-order valence-electron chi connectivity index (χ0n) is 15.5. The SMILES string of the molecule is CCC1CCCCN1c1nncc(NCCc2ccc(S(N)(=O)=O)cc2)n1. The standard InChI is InChI=1S/C18H26N6O2S/c1-2-15-5-3-4-12-24(15)18-22-17(13-21-23-18)20-11-10-14-6-8-16(9-7-14)27(19,25)26/h6-9,13,15H,2-5,10-12H2,1H3,(H2,19,25,26)(H,20,22,23). The topological polar surface area (TPSA) is 114 Å². The second-order valence-electron chi connectivity index (χ2n) is 6.76. The van der Waals surface area contributed by atoms with Crippen molar-refractivity contribution >= 4 is 21.8 Å². The number of hydrogen-bond acceptors (Lipinski definition) is 7. The number of nitrogens with one attached hydrogen (secondary N) is 1. The zero-order chi connectivity index (χ0) is 19.3. The number of hydrogen-bond donors (Lipinski definition) is 2. The van der Waals surface area contributed by atoms with E-state index in [9.17, 15) is 8.42 Å². The number of nitrogens with two attached hydrogens (primary N) is 1. The lowest BCUT2D eigenvalue weighted by Gasteiger charge is -2.34. The van der Waals surface area contributed by atoms with Crippen LogP contribution in [0.5, 0.6) is 0 Å². The monoisotopic (exact) mass is 390 g/mol. The summed E-state index contributed by atoms with van der Waals surface area (Å²) in [7, 11) is -3.65. The fourth-order valence-electron chi connectivity index (χ4n) is 3.37. The molecule has 1 unspecified atom stereocenters. The van der Waals surface area contributed by atoms with Gasteiger partial charge in [-0.2, -0.15) is 10.1 Å². The van der Waals surface area contributed by atoms with Crippen LogP contribution in [-0.2, 0) is 16.4 Å². The summed E-state index contributed by atoms with van der Waals surface area (Å²) in [4.78, 5) is 7.00. The van der Waals surface area contributed by atoms with Crippen molar-refractivity contribution in [2.24, 2.45) is 5.14 Å². The molecule has 9 heteroatoms. The van der Waals surface area contributed by atoms with Gasteiger partial charge in [-0.25, -0.2) is 13.6 Å². The number of benzene rings is 1. The molecule has 8 nitrogen and oxygen atoms in total. The van der Waals surface area contributed by atoms with E-state index in [-0.39, 0.29) is 4.90 Å². The average molecular weight is 391 g/mol. The molecule has 27 heavy (non-hydrogen) atoms. The van der Waals surface area contributed by atoms with Gasteiger partial charge < -0.3 is 10.2 Å². The maximum Gasteiger partial charge on any atom is 0.247 e. The molecule has 1 aromatic heterocycles. The fraction of sp³-hybridized carbons (Fsp3) is 0.500. The van der Waals surface area contributed by atoms with Crippen molar-refractivity contribution in [1.29, 1.82) is 0 Å². The molecule has 3 rings (SSSR count). The van der Waals surface area contributed by atoms with Crippen LogP contribution in [0.15, 0.2) is 35.4 Å². The van der Waals surface area contributed by atoms with Gasteiger partial charge in [0, 0.05) is 19.1 Å². The van der Waals surface area contributed by atoms with Crippen molar-refractivity contribution in [2.45, 2.75) is 50.0 Å². The summed E-state index contributed by atoms with van der Waals surface area (Å²) in [5.41, 5.74) is 1.01. The highest BCUT2D eigenvalue weighted by Gasteiger charge is 2.23. The van der Waals surface area contributed by atoms with Gasteiger partial charge in [0.05, 0.1) is 11.1 Å². The molecule has 0 aliphatic carbocycles. The molecule has 0 bridgehead atoms. The molecule has 0 spiro atoms. The van der Waals surface area contributed by atoms with Crippen molar-refractivity contribution in [3.05, 3.63) is 36.0 Å². The number of piperidine rings is 1. The van der Waals surface area contributed by atoms with E-state index >= 15 is 0 Å². The number of primary sulfonamides is 1. The Morgan fingerprint density at radius 2 is 2.04 bits per heavy atom. The van der Waals surface area contributed by atoms with Crippen molar-refractivity contribution < 1.29 is 8.42 Å². The maximum absolute atomic E-state index is 11.3. The quantitative estimate of drug-likeness (QED) is 0.742. The van der Waals surface area contributed by atoms with E-state index in [2.05, 4.69) is 32.3 Å². The average Bonchev–Trinajstić information content (AvgIpc) is 2.68. The largest absolute Gasteiger partial charge is 0.368 e. The van der Waals surface area contributed by atoms with Gasteiger partial charge in [0.15, 0.2) is 5.82 Å². The summed E-state index contributed by atoms with van der Waals surface area (Å²) in [6.07, 6.45) is 7.02. The van der Waals surface area contributed by atoms with Gasteiger partial charge in [0.2, 0.25) is 16.0 Å². The second-order valence-corrected chi connectivity index (χ2v) is 8.32. The molecule has 0 saturated carbocycles. The highest BCUT2D eigenvalue weighted by atomic mass is 32.2. The number of nitrogens with zero attached hydrogens (tertiary/aromatic N) is 4. The Morgan fingerprint density at radius 3 is 2.74 bits per heavy atom. The van der Waals surface area contributed by atoms with Gasteiger partial charge in [0.25, 0.3) is 0 Å². The van der Waals surface area contributed by atoms with Crippen LogP contribution in [0.3, 0.4) is 0 Å².